The molecule has 3 aromatic rings. The van der Waals surface area contributed by atoms with Crippen LogP contribution in [0.1, 0.15) is 29.7 Å². The van der Waals surface area contributed by atoms with Crippen LogP contribution in [0, 0.1) is 3.57 Å². The number of urea groups is 1. The molecule has 202 valence electrons. The zero-order valence-corrected chi connectivity index (χ0v) is 22.3. The molecule has 0 spiro atoms. The Morgan fingerprint density at radius 3 is 2.47 bits per heavy atom. The minimum atomic E-state index is -4.68. The fraction of sp³-hybridized carbons (Fsp3) is 0.333. The van der Waals surface area contributed by atoms with Crippen LogP contribution < -0.4 is 15.4 Å². The molecule has 0 saturated carbocycles. The molecule has 0 aliphatic carbocycles. The number of pyridine rings is 1. The molecule has 2 amide bonds. The number of ether oxygens (including phenoxy) is 2. The molecule has 0 radical (unpaired) electrons. The van der Waals surface area contributed by atoms with Crippen LogP contribution in [0.25, 0.3) is 0 Å². The molecule has 1 fully saturated rings. The van der Waals surface area contributed by atoms with E-state index in [0.29, 0.717) is 37.3 Å². The van der Waals surface area contributed by atoms with Crippen LogP contribution in [-0.4, -0.2) is 42.8 Å². The molecular formula is C27H26F4IN3O3. The fourth-order valence-electron chi connectivity index (χ4n) is 4.34. The van der Waals surface area contributed by atoms with Crippen LogP contribution >= 0.6 is 22.6 Å². The lowest BCUT2D eigenvalue weighted by Crippen LogP contribution is -2.55. The summed E-state index contributed by atoms with van der Waals surface area (Å²) in [4.78, 5) is 18.0. The first kappa shape index (κ1) is 28.1. The van der Waals surface area contributed by atoms with Gasteiger partial charge in [-0.05, 0) is 70.8 Å². The van der Waals surface area contributed by atoms with E-state index in [4.69, 9.17) is 4.74 Å². The second-order valence-corrected chi connectivity index (χ2v) is 10.2. The number of carbonyl (C=O) groups excluding carboxylic acids is 1. The van der Waals surface area contributed by atoms with E-state index in [2.05, 4.69) is 42.9 Å². The Morgan fingerprint density at radius 2 is 1.82 bits per heavy atom. The lowest BCUT2D eigenvalue weighted by Gasteiger charge is -2.36. The van der Waals surface area contributed by atoms with E-state index in [1.54, 1.807) is 18.3 Å². The molecule has 0 unspecified atom stereocenters. The van der Waals surface area contributed by atoms with E-state index < -0.39 is 29.9 Å². The maximum absolute atomic E-state index is 13.8. The number of hydrogen-bond acceptors (Lipinski definition) is 4. The number of amides is 2. The standard InChI is InChI=1S/C27H26F4IN3O3/c28-24(29)27(30,31)38-22-8-4-7-19(15-22)26(16-18-5-2-1-3-6-18,23-10-9-20(32)17-33-23)35-25(36)34-21-11-13-37-14-12-21/h1-10,15,17,21,24H,11-14,16H2,(H2,34,35,36)/t26-/m0/s1. The number of rotatable bonds is 9. The SMILES string of the molecule is O=C(NC1CCOCC1)N[C@@](Cc1ccccc1)(c1cccc(OC(F)(F)C(F)F)c1)c1ccc(I)cn1. The number of aromatic nitrogens is 1. The molecular weight excluding hydrogens is 617 g/mol. The number of hydrogen-bond donors (Lipinski definition) is 2. The van der Waals surface area contributed by atoms with E-state index in [1.165, 1.54) is 12.1 Å². The number of halogens is 5. The molecule has 38 heavy (non-hydrogen) atoms. The smallest absolute Gasteiger partial charge is 0.428 e. The predicted molar refractivity (Wildman–Crippen MR) is 141 cm³/mol. The van der Waals surface area contributed by atoms with E-state index >= 15 is 0 Å². The van der Waals surface area contributed by atoms with Gasteiger partial charge in [-0.25, -0.2) is 4.79 Å². The summed E-state index contributed by atoms with van der Waals surface area (Å²) < 4.78 is 63.9. The van der Waals surface area contributed by atoms with E-state index in [1.807, 2.05) is 36.4 Å². The van der Waals surface area contributed by atoms with Gasteiger partial charge in [0, 0.05) is 35.4 Å². The molecule has 1 atom stereocenters. The zero-order valence-electron chi connectivity index (χ0n) is 20.2. The van der Waals surface area contributed by atoms with Gasteiger partial charge in [0.05, 0.1) is 5.69 Å². The highest BCUT2D eigenvalue weighted by Gasteiger charge is 2.44. The third-order valence-electron chi connectivity index (χ3n) is 6.20. The first-order valence-electron chi connectivity index (χ1n) is 12.0. The van der Waals surface area contributed by atoms with E-state index in [9.17, 15) is 22.4 Å². The summed E-state index contributed by atoms with van der Waals surface area (Å²) >= 11 is 2.10. The zero-order chi connectivity index (χ0) is 27.2. The van der Waals surface area contributed by atoms with Gasteiger partial charge in [-0.3, -0.25) is 4.98 Å². The van der Waals surface area contributed by atoms with Gasteiger partial charge in [-0.2, -0.15) is 17.6 Å². The number of nitrogens with zero attached hydrogens (tertiary/aromatic N) is 1. The number of benzene rings is 2. The van der Waals surface area contributed by atoms with Crippen LogP contribution in [0.2, 0.25) is 0 Å². The summed E-state index contributed by atoms with van der Waals surface area (Å²) in [6.07, 6.45) is -5.59. The van der Waals surface area contributed by atoms with Gasteiger partial charge in [0.1, 0.15) is 11.3 Å². The van der Waals surface area contributed by atoms with Gasteiger partial charge in [-0.15, -0.1) is 0 Å². The Bertz CT molecular complexity index is 1210. The molecule has 4 rings (SSSR count). The minimum Gasteiger partial charge on any atom is -0.428 e. The van der Waals surface area contributed by atoms with Crippen molar-refractivity contribution < 1.29 is 31.8 Å². The quantitative estimate of drug-likeness (QED) is 0.226. The molecule has 1 aliphatic rings. The molecule has 1 saturated heterocycles. The molecule has 2 heterocycles. The lowest BCUT2D eigenvalue weighted by molar-refractivity contribution is -0.253. The van der Waals surface area contributed by atoms with Crippen molar-refractivity contribution in [2.75, 3.05) is 13.2 Å². The maximum Gasteiger partial charge on any atom is 0.461 e. The average molecular weight is 643 g/mol. The van der Waals surface area contributed by atoms with E-state index in [-0.39, 0.29) is 12.5 Å². The van der Waals surface area contributed by atoms with Crippen molar-refractivity contribution in [3.63, 3.8) is 0 Å². The summed E-state index contributed by atoms with van der Waals surface area (Å²) in [6.45, 7) is 1.05. The lowest BCUT2D eigenvalue weighted by atomic mass is 9.80. The van der Waals surface area contributed by atoms with Crippen molar-refractivity contribution in [2.24, 2.45) is 0 Å². The van der Waals surface area contributed by atoms with Crippen molar-refractivity contribution in [2.45, 2.75) is 43.4 Å². The van der Waals surface area contributed by atoms with Gasteiger partial charge >= 0.3 is 18.6 Å². The van der Waals surface area contributed by atoms with Gasteiger partial charge in [0.2, 0.25) is 0 Å². The molecule has 0 bridgehead atoms. The molecule has 6 nitrogen and oxygen atoms in total. The maximum atomic E-state index is 13.8. The van der Waals surface area contributed by atoms with Crippen LogP contribution in [0.5, 0.6) is 5.75 Å². The largest absolute Gasteiger partial charge is 0.461 e. The second-order valence-electron chi connectivity index (χ2n) is 8.91. The van der Waals surface area contributed by atoms with Gasteiger partial charge in [0.25, 0.3) is 0 Å². The number of nitrogens with one attached hydrogen (secondary N) is 2. The summed E-state index contributed by atoms with van der Waals surface area (Å²) in [5.74, 6) is -0.470. The van der Waals surface area contributed by atoms with Crippen LogP contribution in [-0.2, 0) is 16.7 Å². The Hall–Kier alpha value is -2.93. The topological polar surface area (TPSA) is 72.5 Å². The average Bonchev–Trinajstić information content (AvgIpc) is 2.89. The van der Waals surface area contributed by atoms with Crippen molar-refractivity contribution in [1.29, 1.82) is 0 Å². The second kappa shape index (κ2) is 12.3. The highest BCUT2D eigenvalue weighted by Crippen LogP contribution is 2.36. The van der Waals surface area contributed by atoms with Crippen molar-refractivity contribution in [3.05, 3.63) is 93.3 Å². The van der Waals surface area contributed by atoms with Crippen molar-refractivity contribution in [1.82, 2.24) is 15.6 Å². The Morgan fingerprint density at radius 1 is 1.08 bits per heavy atom. The molecule has 1 aromatic heterocycles. The Labute approximate surface area is 231 Å². The van der Waals surface area contributed by atoms with Crippen molar-refractivity contribution in [3.8, 4) is 5.75 Å². The predicted octanol–water partition coefficient (Wildman–Crippen LogP) is 5.89. The summed E-state index contributed by atoms with van der Waals surface area (Å²) in [7, 11) is 0. The third-order valence-corrected chi connectivity index (χ3v) is 6.83. The Balaban J connectivity index is 1.80. The van der Waals surface area contributed by atoms with Crippen LogP contribution in [0.4, 0.5) is 22.4 Å². The fourth-order valence-corrected chi connectivity index (χ4v) is 4.65. The van der Waals surface area contributed by atoms with Gasteiger partial charge in [0.15, 0.2) is 0 Å². The van der Waals surface area contributed by atoms with Crippen LogP contribution in [0.15, 0.2) is 72.9 Å². The molecule has 2 aromatic carbocycles. The minimum absolute atomic E-state index is 0.109. The normalized spacial score (nSPS) is 16.1. The van der Waals surface area contributed by atoms with Crippen molar-refractivity contribution >= 4 is 28.6 Å². The Kier molecular flexibility index (Phi) is 9.08. The highest BCUT2D eigenvalue weighted by atomic mass is 127. The summed E-state index contributed by atoms with van der Waals surface area (Å²) in [6, 6.07) is 17.6. The van der Waals surface area contributed by atoms with Gasteiger partial charge < -0.3 is 20.1 Å². The first-order chi connectivity index (χ1) is 18.2. The first-order valence-corrected chi connectivity index (χ1v) is 13.0. The van der Waals surface area contributed by atoms with Gasteiger partial charge in [-0.1, -0.05) is 42.5 Å². The molecule has 1 aliphatic heterocycles. The monoisotopic (exact) mass is 643 g/mol. The van der Waals surface area contributed by atoms with Crippen LogP contribution in [0.3, 0.4) is 0 Å². The highest BCUT2D eigenvalue weighted by molar-refractivity contribution is 14.1. The van der Waals surface area contributed by atoms with E-state index in [0.717, 1.165) is 15.2 Å². The summed E-state index contributed by atoms with van der Waals surface area (Å²) in [5.41, 5.74) is 0.227. The molecule has 2 N–H and O–H groups in total. The number of carbonyl (C=O) groups is 1. The number of alkyl halides is 4. The molecule has 11 heteroatoms. The third kappa shape index (κ3) is 6.93. The summed E-state index contributed by atoms with van der Waals surface area (Å²) in [5, 5.41) is 6.01.